The molecule has 0 amide bonds. The van der Waals surface area contributed by atoms with Crippen LogP contribution in [0.25, 0.3) is 6.08 Å². The van der Waals surface area contributed by atoms with Crippen molar-refractivity contribution in [3.8, 4) is 0 Å². The predicted octanol–water partition coefficient (Wildman–Crippen LogP) is 3.51. The van der Waals surface area contributed by atoms with Crippen molar-refractivity contribution in [2.75, 3.05) is 13.1 Å². The van der Waals surface area contributed by atoms with E-state index in [1.807, 2.05) is 44.3 Å². The van der Waals surface area contributed by atoms with Gasteiger partial charge in [-0.25, -0.2) is 0 Å². The molecule has 0 saturated carbocycles. The number of benzene rings is 1. The Hall–Kier alpha value is -2.13. The molecule has 1 aliphatic heterocycles. The molecule has 2 heterocycles. The van der Waals surface area contributed by atoms with E-state index in [1.165, 1.54) is 5.56 Å². The van der Waals surface area contributed by atoms with Crippen molar-refractivity contribution in [2.45, 2.75) is 20.4 Å². The van der Waals surface area contributed by atoms with Gasteiger partial charge in [0.15, 0.2) is 5.78 Å². The minimum Gasteiger partial charge on any atom is -0.362 e. The monoisotopic (exact) mass is 294 g/mol. The minimum absolute atomic E-state index is 0.256. The van der Waals surface area contributed by atoms with E-state index in [9.17, 15) is 4.79 Å². The molecule has 1 aliphatic rings. The second-order valence-corrected chi connectivity index (χ2v) is 6.64. The molecular formula is C19H22N2O. The highest BCUT2D eigenvalue weighted by Gasteiger charge is 2.37. The van der Waals surface area contributed by atoms with E-state index in [2.05, 4.69) is 34.1 Å². The first kappa shape index (κ1) is 14.8. The number of rotatable bonds is 3. The van der Waals surface area contributed by atoms with Gasteiger partial charge in [0.2, 0.25) is 0 Å². The lowest BCUT2D eigenvalue weighted by Crippen LogP contribution is -2.47. The van der Waals surface area contributed by atoms with Crippen molar-refractivity contribution in [3.05, 3.63) is 65.5 Å². The van der Waals surface area contributed by atoms with E-state index in [-0.39, 0.29) is 11.2 Å². The van der Waals surface area contributed by atoms with Crippen molar-refractivity contribution in [1.29, 1.82) is 0 Å². The van der Waals surface area contributed by atoms with E-state index in [0.717, 1.165) is 24.4 Å². The average molecular weight is 294 g/mol. The van der Waals surface area contributed by atoms with Crippen LogP contribution in [-0.2, 0) is 11.3 Å². The second-order valence-electron chi connectivity index (χ2n) is 6.64. The van der Waals surface area contributed by atoms with Crippen LogP contribution in [0.15, 0.2) is 54.2 Å². The molecule has 0 bridgehead atoms. The fraction of sp³-hybridized carbons (Fsp3) is 0.316. The van der Waals surface area contributed by atoms with Gasteiger partial charge in [-0.1, -0.05) is 44.2 Å². The summed E-state index contributed by atoms with van der Waals surface area (Å²) >= 11 is 0. The molecule has 1 aromatic carbocycles. The summed E-state index contributed by atoms with van der Waals surface area (Å²) in [5.41, 5.74) is 2.81. The Morgan fingerprint density at radius 1 is 1.18 bits per heavy atom. The number of aromatic amines is 1. The molecule has 1 N–H and O–H groups in total. The second kappa shape index (κ2) is 5.93. The fourth-order valence-electron chi connectivity index (χ4n) is 3.12. The van der Waals surface area contributed by atoms with Gasteiger partial charge in [-0.2, -0.15) is 0 Å². The van der Waals surface area contributed by atoms with E-state index < -0.39 is 0 Å². The number of nitrogens with zero attached hydrogens (tertiary/aromatic N) is 1. The Bertz CT molecular complexity index is 669. The molecular weight excluding hydrogens is 272 g/mol. The minimum atomic E-state index is -0.342. The highest BCUT2D eigenvalue weighted by Crippen LogP contribution is 2.30. The summed E-state index contributed by atoms with van der Waals surface area (Å²) in [4.78, 5) is 18.2. The summed E-state index contributed by atoms with van der Waals surface area (Å²) in [5, 5.41) is 0. The molecule has 3 rings (SSSR count). The third-order valence-corrected chi connectivity index (χ3v) is 4.12. The molecule has 0 spiro atoms. The number of carbonyl (C=O) groups excluding carboxylic acids is 1. The molecule has 1 fully saturated rings. The van der Waals surface area contributed by atoms with Gasteiger partial charge in [0.05, 0.1) is 0 Å². The number of likely N-dealkylation sites (tertiary alicyclic amines) is 1. The standard InChI is InChI=1S/C19H22N2O/c1-19(2)14-21(12-15-7-4-3-5-8-15)13-16(18(19)22)11-17-9-6-10-20-17/h3-11,20H,12-14H2,1-2H3/b16-11-. The van der Waals surface area contributed by atoms with Crippen molar-refractivity contribution in [2.24, 2.45) is 5.41 Å². The maximum Gasteiger partial charge on any atom is 0.167 e. The Morgan fingerprint density at radius 2 is 1.95 bits per heavy atom. The number of H-pyrrole nitrogens is 1. The molecule has 0 atom stereocenters. The van der Waals surface area contributed by atoms with Crippen LogP contribution >= 0.6 is 0 Å². The van der Waals surface area contributed by atoms with E-state index in [4.69, 9.17) is 0 Å². The van der Waals surface area contributed by atoms with Crippen LogP contribution in [0.1, 0.15) is 25.1 Å². The van der Waals surface area contributed by atoms with Crippen LogP contribution in [0.2, 0.25) is 0 Å². The summed E-state index contributed by atoms with van der Waals surface area (Å²) < 4.78 is 0. The van der Waals surface area contributed by atoms with Gasteiger partial charge in [-0.3, -0.25) is 9.69 Å². The highest BCUT2D eigenvalue weighted by molar-refractivity contribution is 6.04. The van der Waals surface area contributed by atoms with Gasteiger partial charge < -0.3 is 4.98 Å². The third kappa shape index (κ3) is 3.20. The molecule has 1 aromatic heterocycles. The number of ketones is 1. The van der Waals surface area contributed by atoms with Crippen molar-refractivity contribution < 1.29 is 4.79 Å². The van der Waals surface area contributed by atoms with Gasteiger partial charge in [0.25, 0.3) is 0 Å². The first-order chi connectivity index (χ1) is 10.5. The van der Waals surface area contributed by atoms with Crippen molar-refractivity contribution in [3.63, 3.8) is 0 Å². The fourth-order valence-corrected chi connectivity index (χ4v) is 3.12. The molecule has 1 saturated heterocycles. The number of Topliss-reactive ketones (excluding diaryl/α,β-unsaturated/α-hetero) is 1. The van der Waals surface area contributed by atoms with Gasteiger partial charge in [0.1, 0.15) is 0 Å². The lowest BCUT2D eigenvalue weighted by atomic mass is 9.79. The van der Waals surface area contributed by atoms with E-state index in [1.54, 1.807) is 0 Å². The number of aromatic nitrogens is 1. The molecule has 0 unspecified atom stereocenters. The van der Waals surface area contributed by atoms with Crippen LogP contribution < -0.4 is 0 Å². The third-order valence-electron chi connectivity index (χ3n) is 4.12. The smallest absolute Gasteiger partial charge is 0.167 e. The van der Waals surface area contributed by atoms with Crippen LogP contribution in [-0.4, -0.2) is 28.8 Å². The van der Waals surface area contributed by atoms with Crippen molar-refractivity contribution >= 4 is 11.9 Å². The topological polar surface area (TPSA) is 36.1 Å². The Balaban J connectivity index is 1.83. The van der Waals surface area contributed by atoms with E-state index in [0.29, 0.717) is 6.54 Å². The zero-order valence-electron chi connectivity index (χ0n) is 13.2. The predicted molar refractivity (Wildman–Crippen MR) is 89.3 cm³/mol. The highest BCUT2D eigenvalue weighted by atomic mass is 16.1. The molecule has 0 aliphatic carbocycles. The van der Waals surface area contributed by atoms with Crippen LogP contribution in [0, 0.1) is 5.41 Å². The van der Waals surface area contributed by atoms with Crippen LogP contribution in [0.3, 0.4) is 0 Å². The SMILES string of the molecule is CC1(C)CN(Cc2ccccc2)C/C(=C/c2ccc[nH]2)C1=O. The lowest BCUT2D eigenvalue weighted by molar-refractivity contribution is -0.126. The zero-order valence-corrected chi connectivity index (χ0v) is 13.2. The average Bonchev–Trinajstić information content (AvgIpc) is 2.98. The van der Waals surface area contributed by atoms with Gasteiger partial charge >= 0.3 is 0 Å². The first-order valence-electron chi connectivity index (χ1n) is 7.70. The van der Waals surface area contributed by atoms with Crippen molar-refractivity contribution in [1.82, 2.24) is 9.88 Å². The normalized spacial score (nSPS) is 20.5. The molecule has 0 radical (unpaired) electrons. The van der Waals surface area contributed by atoms with Crippen LogP contribution in [0.4, 0.5) is 0 Å². The summed E-state index contributed by atoms with van der Waals surface area (Å²) in [6.07, 6.45) is 3.87. The van der Waals surface area contributed by atoms with Gasteiger partial charge in [0, 0.05) is 42.5 Å². The summed E-state index contributed by atoms with van der Waals surface area (Å²) in [6.45, 7) is 6.45. The summed E-state index contributed by atoms with van der Waals surface area (Å²) in [5.74, 6) is 0.256. The Labute approximate surface area is 131 Å². The number of hydrogen-bond donors (Lipinski definition) is 1. The number of carbonyl (C=O) groups is 1. The first-order valence-corrected chi connectivity index (χ1v) is 7.70. The van der Waals surface area contributed by atoms with Gasteiger partial charge in [-0.05, 0) is 23.8 Å². The van der Waals surface area contributed by atoms with Crippen LogP contribution in [0.5, 0.6) is 0 Å². The molecule has 2 aromatic rings. The Morgan fingerprint density at radius 3 is 2.64 bits per heavy atom. The quantitative estimate of drug-likeness (QED) is 0.879. The number of nitrogens with one attached hydrogen (secondary N) is 1. The maximum absolute atomic E-state index is 12.7. The molecule has 3 heteroatoms. The lowest BCUT2D eigenvalue weighted by Gasteiger charge is -2.38. The Kier molecular flexibility index (Phi) is 3.99. The molecule has 22 heavy (non-hydrogen) atoms. The van der Waals surface area contributed by atoms with Gasteiger partial charge in [-0.15, -0.1) is 0 Å². The maximum atomic E-state index is 12.7. The largest absolute Gasteiger partial charge is 0.362 e. The zero-order chi connectivity index (χ0) is 15.6. The summed E-state index contributed by atoms with van der Waals surface area (Å²) in [6, 6.07) is 14.4. The number of piperidine rings is 1. The van der Waals surface area contributed by atoms with E-state index >= 15 is 0 Å². The summed E-state index contributed by atoms with van der Waals surface area (Å²) in [7, 11) is 0. The molecule has 114 valence electrons. The number of hydrogen-bond acceptors (Lipinski definition) is 2. The molecule has 3 nitrogen and oxygen atoms in total.